The third-order valence-corrected chi connectivity index (χ3v) is 5.85. The zero-order chi connectivity index (χ0) is 22.5. The van der Waals surface area contributed by atoms with E-state index >= 15 is 0 Å². The van der Waals surface area contributed by atoms with Crippen LogP contribution in [0.25, 0.3) is 22.3 Å². The summed E-state index contributed by atoms with van der Waals surface area (Å²) in [7, 11) is 0. The fourth-order valence-electron chi connectivity index (χ4n) is 4.10. The molecule has 0 bridgehead atoms. The van der Waals surface area contributed by atoms with E-state index in [0.29, 0.717) is 33.5 Å². The highest BCUT2D eigenvalue weighted by atomic mass is 19.1. The molecule has 160 valence electrons. The molecular weight excluding hydrogens is 405 g/mol. The summed E-state index contributed by atoms with van der Waals surface area (Å²) in [6.45, 7) is 6.88. The van der Waals surface area contributed by atoms with Crippen LogP contribution in [0.3, 0.4) is 0 Å². The Bertz CT molecular complexity index is 1370. The van der Waals surface area contributed by atoms with Crippen molar-refractivity contribution in [3.05, 3.63) is 77.5 Å². The van der Waals surface area contributed by atoms with Crippen LogP contribution in [0.15, 0.2) is 54.9 Å². The Labute approximate surface area is 184 Å². The van der Waals surface area contributed by atoms with Crippen LogP contribution in [0.1, 0.15) is 35.5 Å². The zero-order valence-electron chi connectivity index (χ0n) is 18.0. The van der Waals surface area contributed by atoms with E-state index in [1.165, 1.54) is 12.1 Å². The van der Waals surface area contributed by atoms with Crippen LogP contribution < -0.4 is 10.6 Å². The highest BCUT2D eigenvalue weighted by molar-refractivity contribution is 6.10. The molecule has 5 rings (SSSR count). The van der Waals surface area contributed by atoms with Crippen molar-refractivity contribution in [3.63, 3.8) is 0 Å². The van der Waals surface area contributed by atoms with Gasteiger partial charge in [-0.05, 0) is 37.3 Å². The van der Waals surface area contributed by atoms with Crippen molar-refractivity contribution in [1.82, 2.24) is 15.0 Å². The van der Waals surface area contributed by atoms with Gasteiger partial charge in [0.1, 0.15) is 5.82 Å². The number of halogens is 1. The number of rotatable bonds is 3. The lowest BCUT2D eigenvalue weighted by molar-refractivity contribution is 0.102. The van der Waals surface area contributed by atoms with Crippen molar-refractivity contribution in [2.45, 2.75) is 26.2 Å². The number of carbonyl (C=O) groups excluding carboxylic acids is 1. The van der Waals surface area contributed by atoms with Crippen molar-refractivity contribution in [2.24, 2.45) is 0 Å². The standard InChI is InChI=1S/C25H22FN5O/c1-14-21(31-24(32)15-10-20-23(28-12-15)25(2,3)13-29-20)17-8-7-16(26)11-19(17)30-22(14)18-6-4-5-9-27-18/h4-12,29H,13H2,1-3H3,(H,30,31,32). The van der Waals surface area contributed by atoms with E-state index in [-0.39, 0.29) is 11.3 Å². The van der Waals surface area contributed by atoms with E-state index in [9.17, 15) is 9.18 Å². The largest absolute Gasteiger partial charge is 0.383 e. The zero-order valence-corrected chi connectivity index (χ0v) is 18.0. The molecule has 2 N–H and O–H groups in total. The van der Waals surface area contributed by atoms with Gasteiger partial charge >= 0.3 is 0 Å². The maximum atomic E-state index is 14.0. The number of hydrogen-bond donors (Lipinski definition) is 2. The lowest BCUT2D eigenvalue weighted by atomic mass is 9.91. The highest BCUT2D eigenvalue weighted by Crippen LogP contribution is 2.36. The second kappa shape index (κ2) is 7.37. The van der Waals surface area contributed by atoms with Gasteiger partial charge in [0.15, 0.2) is 0 Å². The Kier molecular flexibility index (Phi) is 4.62. The molecule has 0 saturated heterocycles. The van der Waals surface area contributed by atoms with Gasteiger partial charge in [-0.2, -0.15) is 0 Å². The first kappa shape index (κ1) is 20.1. The fraction of sp³-hybridized carbons (Fsp3) is 0.200. The van der Waals surface area contributed by atoms with Gasteiger partial charge in [-0.15, -0.1) is 0 Å². The third-order valence-electron chi connectivity index (χ3n) is 5.85. The summed E-state index contributed by atoms with van der Waals surface area (Å²) in [6, 6.07) is 11.7. The van der Waals surface area contributed by atoms with Crippen LogP contribution in [-0.2, 0) is 5.41 Å². The number of benzene rings is 1. The van der Waals surface area contributed by atoms with Gasteiger partial charge < -0.3 is 10.6 Å². The molecular formula is C25H22FN5O. The highest BCUT2D eigenvalue weighted by Gasteiger charge is 2.32. The second-order valence-corrected chi connectivity index (χ2v) is 8.65. The molecule has 7 heteroatoms. The molecule has 4 heterocycles. The number of anilines is 2. The summed E-state index contributed by atoms with van der Waals surface area (Å²) >= 11 is 0. The average Bonchev–Trinajstić information content (AvgIpc) is 3.10. The van der Waals surface area contributed by atoms with Crippen LogP contribution in [-0.4, -0.2) is 27.4 Å². The van der Waals surface area contributed by atoms with Gasteiger partial charge in [-0.3, -0.25) is 14.8 Å². The maximum absolute atomic E-state index is 14.0. The molecule has 0 radical (unpaired) electrons. The summed E-state index contributed by atoms with van der Waals surface area (Å²) < 4.78 is 14.0. The summed E-state index contributed by atoms with van der Waals surface area (Å²) in [5.41, 5.74) is 5.21. The topological polar surface area (TPSA) is 79.8 Å². The number of fused-ring (bicyclic) bond motifs is 2. The lowest BCUT2D eigenvalue weighted by Gasteiger charge is -2.17. The molecule has 0 aliphatic carbocycles. The van der Waals surface area contributed by atoms with E-state index in [2.05, 4.69) is 39.4 Å². The normalized spacial score (nSPS) is 14.1. The Morgan fingerprint density at radius 3 is 2.78 bits per heavy atom. The first-order valence-corrected chi connectivity index (χ1v) is 10.4. The summed E-state index contributed by atoms with van der Waals surface area (Å²) in [6.07, 6.45) is 3.27. The van der Waals surface area contributed by atoms with Crippen molar-refractivity contribution in [1.29, 1.82) is 0 Å². The number of hydrogen-bond acceptors (Lipinski definition) is 5. The average molecular weight is 427 g/mol. The molecule has 4 aromatic rings. The molecule has 1 aliphatic heterocycles. The molecule has 0 saturated carbocycles. The van der Waals surface area contributed by atoms with Gasteiger partial charge in [0.25, 0.3) is 5.91 Å². The van der Waals surface area contributed by atoms with Crippen LogP contribution in [0.2, 0.25) is 0 Å². The molecule has 0 unspecified atom stereocenters. The molecule has 1 aliphatic rings. The molecule has 0 atom stereocenters. The van der Waals surface area contributed by atoms with Crippen molar-refractivity contribution in [3.8, 4) is 11.4 Å². The molecule has 6 nitrogen and oxygen atoms in total. The Morgan fingerprint density at radius 1 is 1.16 bits per heavy atom. The van der Waals surface area contributed by atoms with E-state index < -0.39 is 5.82 Å². The van der Waals surface area contributed by atoms with E-state index in [0.717, 1.165) is 23.5 Å². The van der Waals surface area contributed by atoms with Crippen molar-refractivity contribution < 1.29 is 9.18 Å². The smallest absolute Gasteiger partial charge is 0.257 e. The first-order valence-electron chi connectivity index (χ1n) is 10.4. The first-order chi connectivity index (χ1) is 15.3. The molecule has 0 spiro atoms. The van der Waals surface area contributed by atoms with Crippen LogP contribution in [0.5, 0.6) is 0 Å². The minimum Gasteiger partial charge on any atom is -0.383 e. The number of aromatic nitrogens is 3. The van der Waals surface area contributed by atoms with E-state index in [1.54, 1.807) is 18.5 Å². The van der Waals surface area contributed by atoms with Crippen LogP contribution in [0, 0.1) is 12.7 Å². The van der Waals surface area contributed by atoms with Crippen molar-refractivity contribution in [2.75, 3.05) is 17.2 Å². The fourth-order valence-corrected chi connectivity index (χ4v) is 4.10. The maximum Gasteiger partial charge on any atom is 0.257 e. The van der Waals surface area contributed by atoms with Crippen LogP contribution in [0.4, 0.5) is 15.8 Å². The van der Waals surface area contributed by atoms with Gasteiger partial charge in [-0.1, -0.05) is 19.9 Å². The van der Waals surface area contributed by atoms with Crippen LogP contribution >= 0.6 is 0 Å². The minimum absolute atomic E-state index is 0.0795. The Balaban J connectivity index is 1.59. The molecule has 0 fully saturated rings. The number of pyridine rings is 3. The molecule has 1 aromatic carbocycles. The van der Waals surface area contributed by atoms with E-state index in [1.807, 2.05) is 31.2 Å². The Hall–Kier alpha value is -3.87. The number of nitrogens with zero attached hydrogens (tertiary/aromatic N) is 3. The summed E-state index contributed by atoms with van der Waals surface area (Å²) in [5.74, 6) is -0.687. The molecule has 32 heavy (non-hydrogen) atoms. The summed E-state index contributed by atoms with van der Waals surface area (Å²) in [5, 5.41) is 7.00. The molecule has 1 amide bonds. The number of carbonyl (C=O) groups is 1. The van der Waals surface area contributed by atoms with Gasteiger partial charge in [-0.25, -0.2) is 9.37 Å². The quantitative estimate of drug-likeness (QED) is 0.476. The number of amides is 1. The van der Waals surface area contributed by atoms with Crippen molar-refractivity contribution >= 4 is 28.2 Å². The second-order valence-electron chi connectivity index (χ2n) is 8.65. The summed E-state index contributed by atoms with van der Waals surface area (Å²) in [4.78, 5) is 26.8. The predicted molar refractivity (Wildman–Crippen MR) is 123 cm³/mol. The third kappa shape index (κ3) is 3.36. The lowest BCUT2D eigenvalue weighted by Crippen LogP contribution is -2.20. The SMILES string of the molecule is Cc1c(-c2ccccn2)nc2cc(F)ccc2c1NC(=O)c1cnc2c(c1)NCC2(C)C. The monoisotopic (exact) mass is 427 g/mol. The molecule has 3 aromatic heterocycles. The van der Waals surface area contributed by atoms with E-state index in [4.69, 9.17) is 0 Å². The predicted octanol–water partition coefficient (Wildman–Crippen LogP) is 5.09. The minimum atomic E-state index is -0.394. The van der Waals surface area contributed by atoms with Gasteiger partial charge in [0, 0.05) is 41.4 Å². The Morgan fingerprint density at radius 2 is 2.00 bits per heavy atom. The van der Waals surface area contributed by atoms with Gasteiger partial charge in [0.05, 0.1) is 39.5 Å². The number of nitrogens with one attached hydrogen (secondary N) is 2. The van der Waals surface area contributed by atoms with Gasteiger partial charge in [0.2, 0.25) is 0 Å².